The van der Waals surface area contributed by atoms with Crippen LogP contribution in [0.15, 0.2) is 54.6 Å². The molecule has 1 heterocycles. The minimum atomic E-state index is -0.0550. The van der Waals surface area contributed by atoms with E-state index in [4.69, 9.17) is 5.10 Å². The van der Waals surface area contributed by atoms with Crippen LogP contribution in [0.2, 0.25) is 0 Å². The topological polar surface area (TPSA) is 34.9 Å². The Kier molecular flexibility index (Phi) is 3.77. The van der Waals surface area contributed by atoms with Crippen LogP contribution in [0.3, 0.4) is 0 Å². The number of nitrogens with zero attached hydrogens (tertiary/aromatic N) is 2. The molecule has 0 spiro atoms. The molecule has 1 aliphatic rings. The summed E-state index contributed by atoms with van der Waals surface area (Å²) in [5, 5.41) is 4.69. The first-order valence-electron chi connectivity index (χ1n) is 8.51. The Hall–Kier alpha value is -2.68. The molecule has 120 valence electrons. The van der Waals surface area contributed by atoms with Crippen molar-refractivity contribution >= 4 is 5.91 Å². The molecule has 0 unspecified atom stereocenters. The maximum absolute atomic E-state index is 13.0. The standard InChI is InChI=1S/C21H20N2O/c1-15-11-13-16(14-12-15)20-18-9-5-6-10-19(18)22-23(20)21(24)17-7-3-2-4-8-17/h2-4,7-8,11-14H,5-6,9-10H2,1H3. The first kappa shape index (κ1) is 14.9. The van der Waals surface area contributed by atoms with Crippen molar-refractivity contribution in [3.05, 3.63) is 77.0 Å². The van der Waals surface area contributed by atoms with Gasteiger partial charge in [0.2, 0.25) is 0 Å². The van der Waals surface area contributed by atoms with Crippen molar-refractivity contribution in [2.24, 2.45) is 0 Å². The zero-order valence-electron chi connectivity index (χ0n) is 13.8. The van der Waals surface area contributed by atoms with Gasteiger partial charge in [0.05, 0.1) is 11.4 Å². The Bertz CT molecular complexity index is 876. The lowest BCUT2D eigenvalue weighted by Crippen LogP contribution is -2.15. The number of aromatic nitrogens is 2. The zero-order chi connectivity index (χ0) is 16.5. The van der Waals surface area contributed by atoms with Crippen molar-refractivity contribution in [1.29, 1.82) is 0 Å². The summed E-state index contributed by atoms with van der Waals surface area (Å²) in [7, 11) is 0. The average molecular weight is 316 g/mol. The predicted octanol–water partition coefficient (Wildman–Crippen LogP) is 4.43. The van der Waals surface area contributed by atoms with Crippen molar-refractivity contribution in [3.8, 4) is 11.3 Å². The predicted molar refractivity (Wildman–Crippen MR) is 95.2 cm³/mol. The van der Waals surface area contributed by atoms with Crippen LogP contribution < -0.4 is 0 Å². The molecule has 0 N–H and O–H groups in total. The summed E-state index contributed by atoms with van der Waals surface area (Å²) in [5.41, 5.74) is 6.26. The number of benzene rings is 2. The molecule has 2 aromatic carbocycles. The number of hydrogen-bond acceptors (Lipinski definition) is 2. The van der Waals surface area contributed by atoms with Crippen LogP contribution in [0.1, 0.15) is 40.0 Å². The SMILES string of the molecule is Cc1ccc(-c2c3c(nn2C(=O)c2ccccc2)CCCC3)cc1. The lowest BCUT2D eigenvalue weighted by atomic mass is 9.93. The Labute approximate surface area is 141 Å². The van der Waals surface area contributed by atoms with Crippen LogP contribution in [-0.4, -0.2) is 15.7 Å². The van der Waals surface area contributed by atoms with E-state index >= 15 is 0 Å². The first-order chi connectivity index (χ1) is 11.7. The number of carbonyl (C=O) groups is 1. The van der Waals surface area contributed by atoms with E-state index in [9.17, 15) is 4.79 Å². The third-order valence-corrected chi connectivity index (χ3v) is 4.70. The minimum absolute atomic E-state index is 0.0550. The molecular weight excluding hydrogens is 296 g/mol. The van der Waals surface area contributed by atoms with Crippen LogP contribution >= 0.6 is 0 Å². The van der Waals surface area contributed by atoms with Gasteiger partial charge in [-0.3, -0.25) is 4.79 Å². The first-order valence-corrected chi connectivity index (χ1v) is 8.51. The highest BCUT2D eigenvalue weighted by Crippen LogP contribution is 2.32. The molecule has 0 saturated carbocycles. The third kappa shape index (κ3) is 2.56. The maximum Gasteiger partial charge on any atom is 0.278 e. The summed E-state index contributed by atoms with van der Waals surface area (Å²) in [6, 6.07) is 17.8. The summed E-state index contributed by atoms with van der Waals surface area (Å²) in [5.74, 6) is -0.0550. The van der Waals surface area contributed by atoms with E-state index in [-0.39, 0.29) is 5.91 Å². The maximum atomic E-state index is 13.0. The quantitative estimate of drug-likeness (QED) is 0.701. The fraction of sp³-hybridized carbons (Fsp3) is 0.238. The number of hydrogen-bond donors (Lipinski definition) is 0. The molecular formula is C21H20N2O. The van der Waals surface area contributed by atoms with Gasteiger partial charge in [-0.15, -0.1) is 0 Å². The van der Waals surface area contributed by atoms with Gasteiger partial charge >= 0.3 is 0 Å². The molecule has 1 aliphatic carbocycles. The molecule has 0 saturated heterocycles. The lowest BCUT2D eigenvalue weighted by Gasteiger charge is -2.12. The van der Waals surface area contributed by atoms with E-state index in [0.717, 1.165) is 42.6 Å². The molecule has 0 atom stereocenters. The van der Waals surface area contributed by atoms with Crippen molar-refractivity contribution in [2.45, 2.75) is 32.6 Å². The molecule has 0 aliphatic heterocycles. The van der Waals surface area contributed by atoms with E-state index in [1.54, 1.807) is 4.68 Å². The summed E-state index contributed by atoms with van der Waals surface area (Å²) >= 11 is 0. The van der Waals surface area contributed by atoms with E-state index in [2.05, 4.69) is 31.2 Å². The fourth-order valence-corrected chi connectivity index (χ4v) is 3.41. The summed E-state index contributed by atoms with van der Waals surface area (Å²) in [6.45, 7) is 2.08. The van der Waals surface area contributed by atoms with Gasteiger partial charge in [0, 0.05) is 16.7 Å². The van der Waals surface area contributed by atoms with Crippen molar-refractivity contribution in [2.75, 3.05) is 0 Å². The summed E-state index contributed by atoms with van der Waals surface area (Å²) in [6.07, 6.45) is 4.28. The highest BCUT2D eigenvalue weighted by atomic mass is 16.2. The number of rotatable bonds is 2. The normalized spacial score (nSPS) is 13.5. The largest absolute Gasteiger partial charge is 0.278 e. The van der Waals surface area contributed by atoms with Crippen LogP contribution in [-0.2, 0) is 12.8 Å². The third-order valence-electron chi connectivity index (χ3n) is 4.70. The number of aryl methyl sites for hydroxylation is 2. The van der Waals surface area contributed by atoms with E-state index < -0.39 is 0 Å². The summed E-state index contributed by atoms with van der Waals surface area (Å²) in [4.78, 5) is 13.0. The van der Waals surface area contributed by atoms with E-state index in [1.807, 2.05) is 30.3 Å². The van der Waals surface area contributed by atoms with E-state index in [0.29, 0.717) is 5.56 Å². The highest BCUT2D eigenvalue weighted by Gasteiger charge is 2.25. The van der Waals surface area contributed by atoms with Crippen molar-refractivity contribution in [1.82, 2.24) is 9.78 Å². The fourth-order valence-electron chi connectivity index (χ4n) is 3.41. The number of carbonyl (C=O) groups excluding carboxylic acids is 1. The minimum Gasteiger partial charge on any atom is -0.267 e. The molecule has 24 heavy (non-hydrogen) atoms. The Morgan fingerprint density at radius 3 is 2.42 bits per heavy atom. The molecule has 0 radical (unpaired) electrons. The smallest absolute Gasteiger partial charge is 0.267 e. The lowest BCUT2D eigenvalue weighted by molar-refractivity contribution is 0.0946. The van der Waals surface area contributed by atoms with Gasteiger partial charge < -0.3 is 0 Å². The van der Waals surface area contributed by atoms with Gasteiger partial charge in [-0.1, -0.05) is 48.0 Å². The molecule has 1 aromatic heterocycles. The molecule has 3 heteroatoms. The summed E-state index contributed by atoms with van der Waals surface area (Å²) < 4.78 is 1.62. The van der Waals surface area contributed by atoms with Crippen LogP contribution in [0.4, 0.5) is 0 Å². The Morgan fingerprint density at radius 2 is 1.67 bits per heavy atom. The van der Waals surface area contributed by atoms with Gasteiger partial charge in [0.25, 0.3) is 5.91 Å². The molecule has 3 aromatic rings. The van der Waals surface area contributed by atoms with Gasteiger partial charge in [-0.2, -0.15) is 9.78 Å². The highest BCUT2D eigenvalue weighted by molar-refractivity contribution is 5.98. The molecule has 0 amide bonds. The number of fused-ring (bicyclic) bond motifs is 1. The monoisotopic (exact) mass is 316 g/mol. The van der Waals surface area contributed by atoms with Gasteiger partial charge in [0.1, 0.15) is 0 Å². The Morgan fingerprint density at radius 1 is 0.958 bits per heavy atom. The average Bonchev–Trinajstić information content (AvgIpc) is 3.02. The van der Waals surface area contributed by atoms with Crippen LogP contribution in [0.5, 0.6) is 0 Å². The second kappa shape index (κ2) is 6.08. The van der Waals surface area contributed by atoms with Gasteiger partial charge in [-0.25, -0.2) is 0 Å². The molecule has 0 bridgehead atoms. The van der Waals surface area contributed by atoms with Gasteiger partial charge in [0.15, 0.2) is 0 Å². The molecule has 4 rings (SSSR count). The second-order valence-electron chi connectivity index (χ2n) is 6.43. The van der Waals surface area contributed by atoms with Crippen LogP contribution in [0, 0.1) is 6.92 Å². The molecule has 0 fully saturated rings. The Balaban J connectivity index is 1.89. The second-order valence-corrected chi connectivity index (χ2v) is 6.43. The molecule has 3 nitrogen and oxygen atoms in total. The van der Waals surface area contributed by atoms with Crippen molar-refractivity contribution < 1.29 is 4.79 Å². The van der Waals surface area contributed by atoms with Crippen LogP contribution in [0.25, 0.3) is 11.3 Å². The van der Waals surface area contributed by atoms with E-state index in [1.165, 1.54) is 11.1 Å². The van der Waals surface area contributed by atoms with Crippen molar-refractivity contribution in [3.63, 3.8) is 0 Å². The van der Waals surface area contributed by atoms with Gasteiger partial charge in [-0.05, 0) is 44.7 Å². The zero-order valence-corrected chi connectivity index (χ0v) is 13.8.